The van der Waals surface area contributed by atoms with E-state index in [0.717, 1.165) is 5.30 Å². The minimum atomic E-state index is -3.81. The molecule has 0 spiro atoms. The van der Waals surface area contributed by atoms with Crippen molar-refractivity contribution in [2.75, 3.05) is 38.2 Å². The number of nitrogens with zero attached hydrogens (tertiary/aromatic N) is 4. The van der Waals surface area contributed by atoms with Gasteiger partial charge in [-0.3, -0.25) is 19.0 Å². The van der Waals surface area contributed by atoms with Gasteiger partial charge in [0.25, 0.3) is 10.0 Å². The maximum Gasteiger partial charge on any atom is 0.261 e. The van der Waals surface area contributed by atoms with Crippen molar-refractivity contribution < 1.29 is 8.42 Å². The molecule has 8 nitrogen and oxygen atoms in total. The number of nitrogens with one attached hydrogen (secondary N) is 2. The maximum absolute atomic E-state index is 12.9. The number of sulfonamides is 1. The van der Waals surface area contributed by atoms with E-state index in [9.17, 15) is 8.42 Å². The lowest BCUT2D eigenvalue weighted by Crippen LogP contribution is -2.30. The largest absolute Gasteiger partial charge is 0.331 e. The molecule has 180 valence electrons. The van der Waals surface area contributed by atoms with Crippen LogP contribution in [0.2, 0.25) is 5.02 Å². The van der Waals surface area contributed by atoms with Crippen LogP contribution < -0.4 is 15.3 Å². The SMILES string of the molecule is CN(C)P(=NC(=S)Nc1cccc(S(=O)(=O)Nc2ccc(Cl)cc2)c1)(c1ccncc1)N(C)C. The fourth-order valence-electron chi connectivity index (χ4n) is 3.35. The van der Waals surface area contributed by atoms with Crippen LogP contribution in [0.15, 0.2) is 82.7 Å². The van der Waals surface area contributed by atoms with Crippen LogP contribution in [0, 0.1) is 0 Å². The van der Waals surface area contributed by atoms with E-state index in [-0.39, 0.29) is 10.0 Å². The maximum atomic E-state index is 12.9. The molecule has 0 saturated heterocycles. The summed E-state index contributed by atoms with van der Waals surface area (Å²) in [7, 11) is 1.63. The first-order valence-electron chi connectivity index (χ1n) is 10.1. The van der Waals surface area contributed by atoms with Gasteiger partial charge in [0, 0.05) is 34.1 Å². The Morgan fingerprint density at radius 3 is 2.18 bits per heavy atom. The summed E-state index contributed by atoms with van der Waals surface area (Å²) in [6, 6.07) is 16.7. The van der Waals surface area contributed by atoms with Crippen LogP contribution in [0.3, 0.4) is 0 Å². The fraction of sp³-hybridized carbons (Fsp3) is 0.182. The molecule has 0 saturated carbocycles. The molecular weight excluding hydrogens is 511 g/mol. The lowest BCUT2D eigenvalue weighted by atomic mass is 10.3. The summed E-state index contributed by atoms with van der Waals surface area (Å²) in [5.74, 6) is 0. The van der Waals surface area contributed by atoms with Gasteiger partial charge in [-0.1, -0.05) is 17.7 Å². The zero-order chi connectivity index (χ0) is 24.9. The van der Waals surface area contributed by atoms with Crippen molar-refractivity contribution in [3.05, 3.63) is 78.1 Å². The van der Waals surface area contributed by atoms with Crippen molar-refractivity contribution in [1.29, 1.82) is 0 Å². The fourth-order valence-corrected chi connectivity index (χ4v) is 7.99. The first kappa shape index (κ1) is 26.3. The smallest absolute Gasteiger partial charge is 0.261 e. The van der Waals surface area contributed by atoms with Crippen molar-refractivity contribution in [2.24, 2.45) is 4.74 Å². The molecule has 1 heterocycles. The Bertz CT molecular complexity index is 1300. The second kappa shape index (κ2) is 10.9. The van der Waals surface area contributed by atoms with Crippen LogP contribution in [0.5, 0.6) is 0 Å². The average molecular weight is 537 g/mol. The molecule has 2 N–H and O–H groups in total. The van der Waals surface area contributed by atoms with E-state index in [0.29, 0.717) is 16.4 Å². The van der Waals surface area contributed by atoms with E-state index < -0.39 is 17.4 Å². The van der Waals surface area contributed by atoms with Gasteiger partial charge in [-0.2, -0.15) is 0 Å². The summed E-state index contributed by atoms with van der Waals surface area (Å²) in [5, 5.41) is 4.83. The molecule has 0 aliphatic heterocycles. The zero-order valence-corrected chi connectivity index (χ0v) is 22.5. The third-order valence-corrected chi connectivity index (χ3v) is 10.5. The Labute approximate surface area is 211 Å². The van der Waals surface area contributed by atoms with Crippen molar-refractivity contribution in [3.63, 3.8) is 0 Å². The van der Waals surface area contributed by atoms with Crippen LogP contribution in [-0.2, 0) is 10.0 Å². The number of benzene rings is 2. The highest BCUT2D eigenvalue weighted by Gasteiger charge is 2.28. The number of hydrogen-bond acceptors (Lipinski definition) is 4. The number of hydrogen-bond donors (Lipinski definition) is 2. The Morgan fingerprint density at radius 2 is 1.59 bits per heavy atom. The van der Waals surface area contributed by atoms with Gasteiger partial charge in [0.15, 0.2) is 5.11 Å². The van der Waals surface area contributed by atoms with Gasteiger partial charge in [-0.15, -0.1) is 0 Å². The molecule has 0 aliphatic rings. The molecule has 2 aromatic carbocycles. The summed E-state index contributed by atoms with van der Waals surface area (Å²) >= 11 is 11.5. The number of anilines is 2. The summed E-state index contributed by atoms with van der Waals surface area (Å²) in [4.78, 5) is 4.20. The number of rotatable bonds is 7. The predicted octanol–water partition coefficient (Wildman–Crippen LogP) is 4.71. The second-order valence-corrected chi connectivity index (χ2v) is 13.6. The minimum Gasteiger partial charge on any atom is -0.331 e. The molecule has 0 unspecified atom stereocenters. The van der Waals surface area contributed by atoms with Crippen LogP contribution in [0.4, 0.5) is 11.4 Å². The van der Waals surface area contributed by atoms with Crippen molar-refractivity contribution in [1.82, 2.24) is 14.3 Å². The molecule has 0 radical (unpaired) electrons. The van der Waals surface area contributed by atoms with E-state index in [4.69, 9.17) is 28.6 Å². The molecule has 0 aliphatic carbocycles. The molecule has 3 aromatic rings. The van der Waals surface area contributed by atoms with Gasteiger partial charge in [0.1, 0.15) is 7.36 Å². The highest BCUT2D eigenvalue weighted by atomic mass is 35.5. The molecule has 0 bridgehead atoms. The van der Waals surface area contributed by atoms with E-state index in [1.54, 1.807) is 48.8 Å². The predicted molar refractivity (Wildman–Crippen MR) is 146 cm³/mol. The van der Waals surface area contributed by atoms with Gasteiger partial charge in [0.2, 0.25) is 0 Å². The van der Waals surface area contributed by atoms with Crippen molar-refractivity contribution in [3.8, 4) is 0 Å². The van der Waals surface area contributed by atoms with Gasteiger partial charge < -0.3 is 5.32 Å². The summed E-state index contributed by atoms with van der Waals surface area (Å²) in [5.41, 5.74) is 0.926. The van der Waals surface area contributed by atoms with Crippen LogP contribution in [0.25, 0.3) is 0 Å². The number of aromatic nitrogens is 1. The van der Waals surface area contributed by atoms with Gasteiger partial charge in [-0.25, -0.2) is 13.2 Å². The van der Waals surface area contributed by atoms with Crippen LogP contribution in [0.1, 0.15) is 0 Å². The van der Waals surface area contributed by atoms with Crippen LogP contribution in [-0.4, -0.2) is 56.0 Å². The van der Waals surface area contributed by atoms with Crippen molar-refractivity contribution in [2.45, 2.75) is 4.90 Å². The number of thiocarbonyl (C=S) groups is 1. The summed E-state index contributed by atoms with van der Waals surface area (Å²) < 4.78 is 37.3. The van der Waals surface area contributed by atoms with Gasteiger partial charge >= 0.3 is 0 Å². The zero-order valence-electron chi connectivity index (χ0n) is 19.2. The Kier molecular flexibility index (Phi) is 8.46. The number of halogens is 1. The Hall–Kier alpha value is -2.33. The molecule has 0 amide bonds. The van der Waals surface area contributed by atoms with E-state index in [2.05, 4.69) is 15.0 Å². The molecule has 34 heavy (non-hydrogen) atoms. The monoisotopic (exact) mass is 536 g/mol. The van der Waals surface area contributed by atoms with E-state index in [1.807, 2.05) is 49.7 Å². The highest BCUT2D eigenvalue weighted by molar-refractivity contribution is 7.92. The molecule has 0 fully saturated rings. The third-order valence-electron chi connectivity index (χ3n) is 4.85. The average Bonchev–Trinajstić information content (AvgIpc) is 2.79. The molecule has 0 atom stereocenters. The van der Waals surface area contributed by atoms with Gasteiger partial charge in [-0.05, 0) is 95.0 Å². The first-order valence-corrected chi connectivity index (χ1v) is 14.0. The number of pyridine rings is 1. The normalized spacial score (nSPS) is 12.0. The Balaban J connectivity index is 1.91. The highest BCUT2D eigenvalue weighted by Crippen LogP contribution is 2.52. The topological polar surface area (TPSA) is 89.9 Å². The van der Waals surface area contributed by atoms with Crippen molar-refractivity contribution >= 4 is 63.0 Å². The summed E-state index contributed by atoms with van der Waals surface area (Å²) in [6.45, 7) is 0. The molecule has 1 aromatic heterocycles. The first-order chi connectivity index (χ1) is 16.0. The standard InChI is InChI=1S/C22H26ClN6O2PS2/c1-28(2)32(29(3)4,20-12-14-24-15-13-20)26-22(33)25-19-6-5-7-21(16-19)34(30,31)27-18-10-8-17(23)9-11-18/h5-16,27H,1-4H3,(H,25,33). The quantitative estimate of drug-likeness (QED) is 0.334. The molecular formula is C22H26ClN6O2PS2. The van der Waals surface area contributed by atoms with E-state index in [1.165, 1.54) is 12.1 Å². The lowest BCUT2D eigenvalue weighted by molar-refractivity contribution is 0.572. The lowest BCUT2D eigenvalue weighted by Gasteiger charge is -2.36. The third kappa shape index (κ3) is 6.02. The second-order valence-electron chi connectivity index (χ2n) is 7.64. The molecule has 3 rings (SSSR count). The minimum absolute atomic E-state index is 0.0886. The summed E-state index contributed by atoms with van der Waals surface area (Å²) in [6.07, 6.45) is 3.45. The Morgan fingerprint density at radius 1 is 0.971 bits per heavy atom. The molecule has 12 heteroatoms. The van der Waals surface area contributed by atoms with Crippen LogP contribution >= 0.6 is 31.2 Å². The van der Waals surface area contributed by atoms with E-state index >= 15 is 0 Å². The van der Waals surface area contributed by atoms with Gasteiger partial charge in [0.05, 0.1) is 4.90 Å².